The molecule has 5 aliphatic carbocycles. The number of benzene rings is 2. The number of halogens is 6. The van der Waals surface area contributed by atoms with Crippen LogP contribution in [0.3, 0.4) is 0 Å². The van der Waals surface area contributed by atoms with E-state index in [1.807, 2.05) is 0 Å². The molecule has 7 nitrogen and oxygen atoms in total. The molecule has 2 heterocycles. The van der Waals surface area contributed by atoms with Gasteiger partial charge in [0, 0.05) is 10.8 Å². The predicted molar refractivity (Wildman–Crippen MR) is 167 cm³/mol. The molecule has 51 heavy (non-hydrogen) atoms. The summed E-state index contributed by atoms with van der Waals surface area (Å²) in [6.45, 7) is 3.34. The lowest BCUT2D eigenvalue weighted by molar-refractivity contribution is -0.145. The molecule has 4 amide bonds. The van der Waals surface area contributed by atoms with Crippen molar-refractivity contribution >= 4 is 35.1 Å². The second-order valence-electron chi connectivity index (χ2n) is 16.4. The summed E-state index contributed by atoms with van der Waals surface area (Å²) in [5.41, 5.74) is -5.76. The number of carbonyl (C=O) groups is 5. The Morgan fingerprint density at radius 1 is 0.686 bits per heavy atom. The highest BCUT2D eigenvalue weighted by molar-refractivity contribution is 6.23. The maximum Gasteiger partial charge on any atom is 0.417 e. The fraction of sp³-hybridized carbons (Fsp3) is 0.553. The summed E-state index contributed by atoms with van der Waals surface area (Å²) in [6, 6.07) is 5.78. The van der Waals surface area contributed by atoms with Gasteiger partial charge in [-0.2, -0.15) is 26.3 Å². The average molecular weight is 713 g/mol. The van der Waals surface area contributed by atoms with Crippen LogP contribution in [0.4, 0.5) is 32.0 Å². The molecule has 10 atom stereocenters. The quantitative estimate of drug-likeness (QED) is 0.275. The zero-order valence-electron chi connectivity index (χ0n) is 27.7. The molecule has 4 bridgehead atoms. The number of hydrogen-bond donors (Lipinski definition) is 1. The largest absolute Gasteiger partial charge is 0.417 e. The number of nitrogens with zero attached hydrogens (tertiary/aromatic N) is 1. The molecule has 7 aliphatic rings. The van der Waals surface area contributed by atoms with Crippen molar-refractivity contribution in [3.8, 4) is 11.1 Å². The van der Waals surface area contributed by atoms with E-state index in [2.05, 4.69) is 5.32 Å². The van der Waals surface area contributed by atoms with Gasteiger partial charge < -0.3 is 0 Å². The highest BCUT2D eigenvalue weighted by Crippen LogP contribution is 2.75. The Bertz CT molecular complexity index is 1990. The second kappa shape index (κ2) is 10.1. The molecule has 13 heteroatoms. The lowest BCUT2D eigenvalue weighted by atomic mass is 9.58. The van der Waals surface area contributed by atoms with Gasteiger partial charge in [-0.1, -0.05) is 32.0 Å². The molecule has 2 aliphatic heterocycles. The van der Waals surface area contributed by atoms with E-state index in [1.54, 1.807) is 13.8 Å². The van der Waals surface area contributed by atoms with Gasteiger partial charge in [0.1, 0.15) is 5.78 Å². The first-order valence-corrected chi connectivity index (χ1v) is 17.6. The van der Waals surface area contributed by atoms with E-state index in [1.165, 1.54) is 6.07 Å². The highest BCUT2D eigenvalue weighted by atomic mass is 19.4. The molecule has 9 rings (SSSR count). The number of ketones is 1. The lowest BCUT2D eigenvalue weighted by Crippen LogP contribution is -2.48. The van der Waals surface area contributed by atoms with E-state index in [9.17, 15) is 50.3 Å². The van der Waals surface area contributed by atoms with Crippen LogP contribution in [0.1, 0.15) is 75.0 Å². The first-order chi connectivity index (χ1) is 23.9. The Morgan fingerprint density at radius 3 is 1.78 bits per heavy atom. The smallest absolute Gasteiger partial charge is 0.298 e. The van der Waals surface area contributed by atoms with Crippen LogP contribution in [0, 0.1) is 58.2 Å². The molecule has 10 unspecified atom stereocenters. The van der Waals surface area contributed by atoms with E-state index in [0.29, 0.717) is 50.2 Å². The third kappa shape index (κ3) is 4.11. The topological polar surface area (TPSA) is 101 Å². The SMILES string of the molecule is CC(C)c1ccc(-c2ccc(N3C(=O)C4C5CC(C4C3=O)C3(CCC4(CC6CC4C4C(=O)NC(=O)C64)C3=O)C5)cc2C(F)(F)F)c(C(F)(F)F)c1. The normalized spacial score (nSPS) is 38.0. The number of rotatable bonds is 3. The minimum absolute atomic E-state index is 0.00501. The van der Waals surface area contributed by atoms with Crippen molar-refractivity contribution in [1.82, 2.24) is 5.32 Å². The number of imide groups is 2. The van der Waals surface area contributed by atoms with Gasteiger partial charge in [-0.15, -0.1) is 0 Å². The van der Waals surface area contributed by atoms with E-state index < -0.39 is 86.8 Å². The third-order valence-corrected chi connectivity index (χ3v) is 14.1. The van der Waals surface area contributed by atoms with Crippen LogP contribution < -0.4 is 10.2 Å². The second-order valence-corrected chi connectivity index (χ2v) is 16.4. The fourth-order valence-electron chi connectivity index (χ4n) is 12.3. The van der Waals surface area contributed by atoms with E-state index in [-0.39, 0.29) is 47.0 Å². The lowest BCUT2D eigenvalue weighted by Gasteiger charge is -2.41. The zero-order valence-corrected chi connectivity index (χ0v) is 27.7. The number of carbonyl (C=O) groups excluding carboxylic acids is 5. The standard InChI is InChI=1S/C38H34F6N2O5/c1-15(2)16-3-5-20(22(9-16)37(39,40)41)21-6-4-19(12-23(21)38(42,43)44)46-32(49)27-18-11-25(29(27)33(46)50)36(14-18)8-7-35(34(36)51)13-17-10-24(35)28-26(17)30(47)45-31(28)48/h3-6,9,12,15,17-18,24-29H,7-8,10-11,13-14H2,1-2H3,(H,45,47,48). The van der Waals surface area contributed by atoms with Crippen LogP contribution in [0.15, 0.2) is 36.4 Å². The number of hydrogen-bond acceptors (Lipinski definition) is 5. The minimum atomic E-state index is -5.12. The van der Waals surface area contributed by atoms with Crippen LogP contribution in [-0.2, 0) is 36.3 Å². The van der Waals surface area contributed by atoms with Crippen molar-refractivity contribution in [2.75, 3.05) is 4.90 Å². The van der Waals surface area contributed by atoms with Crippen LogP contribution >= 0.6 is 0 Å². The molecular formula is C38H34F6N2O5. The van der Waals surface area contributed by atoms with Crippen molar-refractivity contribution in [3.63, 3.8) is 0 Å². The van der Waals surface area contributed by atoms with Gasteiger partial charge in [-0.3, -0.25) is 34.2 Å². The molecule has 2 saturated heterocycles. The summed E-state index contributed by atoms with van der Waals surface area (Å²) in [7, 11) is 0. The van der Waals surface area contributed by atoms with Crippen LogP contribution in [0.25, 0.3) is 11.1 Å². The Kier molecular flexibility index (Phi) is 6.50. The van der Waals surface area contributed by atoms with Gasteiger partial charge in [-0.25, -0.2) is 0 Å². The number of fused-ring (bicyclic) bond motifs is 12. The maximum atomic E-state index is 14.7. The molecule has 0 aromatic heterocycles. The monoisotopic (exact) mass is 712 g/mol. The van der Waals surface area contributed by atoms with E-state index >= 15 is 0 Å². The van der Waals surface area contributed by atoms with Crippen molar-refractivity contribution in [2.45, 2.75) is 70.6 Å². The number of nitrogens with one attached hydrogen (secondary N) is 1. The molecule has 5 saturated carbocycles. The summed E-state index contributed by atoms with van der Waals surface area (Å²) < 4.78 is 86.5. The summed E-state index contributed by atoms with van der Waals surface area (Å²) >= 11 is 0. The summed E-state index contributed by atoms with van der Waals surface area (Å²) in [6.07, 6.45) is -7.11. The predicted octanol–water partition coefficient (Wildman–Crippen LogP) is 6.92. The summed E-state index contributed by atoms with van der Waals surface area (Å²) in [5, 5.41) is 2.43. The molecule has 2 aromatic rings. The van der Waals surface area contributed by atoms with Crippen LogP contribution in [0.2, 0.25) is 0 Å². The third-order valence-electron chi connectivity index (χ3n) is 14.1. The van der Waals surface area contributed by atoms with Crippen LogP contribution in [0.5, 0.6) is 0 Å². The minimum Gasteiger partial charge on any atom is -0.298 e. The summed E-state index contributed by atoms with van der Waals surface area (Å²) in [5.74, 6) is -6.13. The Balaban J connectivity index is 1.05. The Labute approximate surface area is 288 Å². The van der Waals surface area contributed by atoms with Crippen molar-refractivity contribution in [1.29, 1.82) is 0 Å². The van der Waals surface area contributed by atoms with Crippen LogP contribution in [-0.4, -0.2) is 29.4 Å². The highest BCUT2D eigenvalue weighted by Gasteiger charge is 2.78. The molecule has 2 spiro atoms. The molecule has 268 valence electrons. The van der Waals surface area contributed by atoms with Gasteiger partial charge >= 0.3 is 12.4 Å². The van der Waals surface area contributed by atoms with Gasteiger partial charge in [0.25, 0.3) is 0 Å². The van der Waals surface area contributed by atoms with E-state index in [0.717, 1.165) is 29.2 Å². The van der Waals surface area contributed by atoms with Gasteiger partial charge in [0.2, 0.25) is 23.6 Å². The molecule has 2 aromatic carbocycles. The molecule has 7 fully saturated rings. The van der Waals surface area contributed by atoms with E-state index in [4.69, 9.17) is 0 Å². The number of amides is 4. The average Bonchev–Trinajstić information content (AvgIpc) is 3.91. The van der Waals surface area contributed by atoms with Gasteiger partial charge in [0.05, 0.1) is 40.5 Å². The number of alkyl halides is 6. The maximum absolute atomic E-state index is 14.7. The van der Waals surface area contributed by atoms with Crippen molar-refractivity contribution in [3.05, 3.63) is 53.1 Å². The van der Waals surface area contributed by atoms with Gasteiger partial charge in [0.15, 0.2) is 0 Å². The molecule has 1 N–H and O–H groups in total. The van der Waals surface area contributed by atoms with Crippen molar-refractivity contribution in [2.24, 2.45) is 58.2 Å². The number of Topliss-reactive ketones (excluding diaryl/α,β-unsaturated/α-hetero) is 1. The Morgan fingerprint density at radius 2 is 1.20 bits per heavy atom. The Hall–Kier alpha value is -4.03. The zero-order chi connectivity index (χ0) is 36.3. The molecular weight excluding hydrogens is 678 g/mol. The number of anilines is 1. The first kappa shape index (κ1) is 32.8. The fourth-order valence-corrected chi connectivity index (χ4v) is 12.3. The van der Waals surface area contributed by atoms with Gasteiger partial charge in [-0.05, 0) is 103 Å². The van der Waals surface area contributed by atoms with Crippen molar-refractivity contribution < 1.29 is 50.3 Å². The first-order valence-electron chi connectivity index (χ1n) is 17.6. The summed E-state index contributed by atoms with van der Waals surface area (Å²) in [4.78, 5) is 68.8. The molecule has 0 radical (unpaired) electrons.